The molecule has 0 aliphatic rings. The minimum Gasteiger partial charge on any atom is -0.379 e. The van der Waals surface area contributed by atoms with Crippen LogP contribution in [-0.4, -0.2) is 13.2 Å². The van der Waals surface area contributed by atoms with Crippen molar-refractivity contribution in [3.05, 3.63) is 21.9 Å². The standard InChI is InChI=1S/C10H18N2OS/c1-3-6-13-7-9(12-11)10-5-4-8(2)14-10/h4-5,9,12H,3,6-7,11H2,1-2H3. The van der Waals surface area contributed by atoms with Crippen LogP contribution in [0, 0.1) is 6.92 Å². The molecule has 0 spiro atoms. The van der Waals surface area contributed by atoms with Crippen molar-refractivity contribution >= 4 is 11.3 Å². The largest absolute Gasteiger partial charge is 0.379 e. The van der Waals surface area contributed by atoms with Crippen molar-refractivity contribution < 1.29 is 4.74 Å². The molecule has 0 saturated heterocycles. The number of hydrogen-bond acceptors (Lipinski definition) is 4. The lowest BCUT2D eigenvalue weighted by Crippen LogP contribution is -2.30. The molecule has 0 fully saturated rings. The van der Waals surface area contributed by atoms with E-state index in [1.54, 1.807) is 11.3 Å². The van der Waals surface area contributed by atoms with E-state index in [-0.39, 0.29) is 6.04 Å². The van der Waals surface area contributed by atoms with Gasteiger partial charge in [0.05, 0.1) is 12.6 Å². The summed E-state index contributed by atoms with van der Waals surface area (Å²) in [5.41, 5.74) is 2.78. The summed E-state index contributed by atoms with van der Waals surface area (Å²) in [6.07, 6.45) is 1.04. The van der Waals surface area contributed by atoms with Crippen LogP contribution >= 0.6 is 11.3 Å². The lowest BCUT2D eigenvalue weighted by Gasteiger charge is -2.13. The Morgan fingerprint density at radius 3 is 2.86 bits per heavy atom. The van der Waals surface area contributed by atoms with E-state index in [0.717, 1.165) is 13.0 Å². The molecule has 1 aromatic heterocycles. The zero-order valence-electron chi connectivity index (χ0n) is 8.75. The number of hydrazine groups is 1. The van der Waals surface area contributed by atoms with Gasteiger partial charge in [-0.15, -0.1) is 11.3 Å². The second-order valence-electron chi connectivity index (χ2n) is 3.24. The Morgan fingerprint density at radius 2 is 2.36 bits per heavy atom. The first-order valence-electron chi connectivity index (χ1n) is 4.88. The molecule has 1 atom stereocenters. The van der Waals surface area contributed by atoms with Gasteiger partial charge in [-0.1, -0.05) is 6.92 Å². The van der Waals surface area contributed by atoms with Gasteiger partial charge in [0.2, 0.25) is 0 Å². The Hall–Kier alpha value is -0.420. The van der Waals surface area contributed by atoms with Crippen LogP contribution in [0.4, 0.5) is 0 Å². The van der Waals surface area contributed by atoms with Crippen LogP contribution in [0.3, 0.4) is 0 Å². The number of nitrogens with one attached hydrogen (secondary N) is 1. The lowest BCUT2D eigenvalue weighted by molar-refractivity contribution is 0.113. The second kappa shape index (κ2) is 6.14. The number of rotatable bonds is 6. The van der Waals surface area contributed by atoms with Crippen LogP contribution in [0.15, 0.2) is 12.1 Å². The monoisotopic (exact) mass is 214 g/mol. The van der Waals surface area contributed by atoms with Crippen molar-refractivity contribution in [2.75, 3.05) is 13.2 Å². The number of nitrogens with two attached hydrogens (primary N) is 1. The van der Waals surface area contributed by atoms with Gasteiger partial charge >= 0.3 is 0 Å². The average molecular weight is 214 g/mol. The predicted molar refractivity (Wildman–Crippen MR) is 60.2 cm³/mol. The SMILES string of the molecule is CCCOCC(NN)c1ccc(C)s1. The molecular weight excluding hydrogens is 196 g/mol. The molecule has 0 bridgehead atoms. The maximum atomic E-state index is 5.47. The van der Waals surface area contributed by atoms with E-state index < -0.39 is 0 Å². The van der Waals surface area contributed by atoms with Crippen molar-refractivity contribution in [2.24, 2.45) is 5.84 Å². The summed E-state index contributed by atoms with van der Waals surface area (Å²) in [4.78, 5) is 2.54. The molecule has 14 heavy (non-hydrogen) atoms. The van der Waals surface area contributed by atoms with Crippen LogP contribution in [-0.2, 0) is 4.74 Å². The highest BCUT2D eigenvalue weighted by molar-refractivity contribution is 7.12. The van der Waals surface area contributed by atoms with E-state index in [9.17, 15) is 0 Å². The molecule has 80 valence electrons. The molecule has 0 aliphatic heterocycles. The van der Waals surface area contributed by atoms with Crippen LogP contribution < -0.4 is 11.3 Å². The molecule has 4 heteroatoms. The fraction of sp³-hybridized carbons (Fsp3) is 0.600. The van der Waals surface area contributed by atoms with Gasteiger partial charge in [0.25, 0.3) is 0 Å². The minimum atomic E-state index is 0.125. The highest BCUT2D eigenvalue weighted by Gasteiger charge is 2.11. The van der Waals surface area contributed by atoms with Gasteiger partial charge < -0.3 is 4.74 Å². The molecule has 1 aromatic rings. The lowest BCUT2D eigenvalue weighted by atomic mass is 10.2. The number of thiophene rings is 1. The smallest absolute Gasteiger partial charge is 0.0786 e. The zero-order valence-corrected chi connectivity index (χ0v) is 9.56. The fourth-order valence-corrected chi connectivity index (χ4v) is 2.12. The van der Waals surface area contributed by atoms with Gasteiger partial charge in [-0.3, -0.25) is 5.84 Å². The molecule has 0 saturated carbocycles. The number of ether oxygens (including phenoxy) is 1. The summed E-state index contributed by atoms with van der Waals surface area (Å²) >= 11 is 1.76. The van der Waals surface area contributed by atoms with Gasteiger partial charge in [0, 0.05) is 16.4 Å². The van der Waals surface area contributed by atoms with Crippen molar-refractivity contribution in [3.63, 3.8) is 0 Å². The quantitative estimate of drug-likeness (QED) is 0.432. The first-order valence-corrected chi connectivity index (χ1v) is 5.69. The Labute approximate surface area is 89.2 Å². The van der Waals surface area contributed by atoms with Gasteiger partial charge in [0.1, 0.15) is 0 Å². The Morgan fingerprint density at radius 1 is 1.57 bits per heavy atom. The highest BCUT2D eigenvalue weighted by atomic mass is 32.1. The first kappa shape index (κ1) is 11.7. The van der Waals surface area contributed by atoms with Crippen LogP contribution in [0.5, 0.6) is 0 Å². The summed E-state index contributed by atoms with van der Waals surface area (Å²) in [5, 5.41) is 0. The fourth-order valence-electron chi connectivity index (χ4n) is 1.20. The second-order valence-corrected chi connectivity index (χ2v) is 4.56. The molecule has 0 aromatic carbocycles. The normalized spacial score (nSPS) is 13.1. The topological polar surface area (TPSA) is 47.3 Å². The van der Waals surface area contributed by atoms with Gasteiger partial charge in [-0.2, -0.15) is 0 Å². The van der Waals surface area contributed by atoms with Crippen LogP contribution in [0.2, 0.25) is 0 Å². The Balaban J connectivity index is 2.45. The molecule has 0 radical (unpaired) electrons. The van der Waals surface area contributed by atoms with E-state index in [4.69, 9.17) is 10.6 Å². The maximum absolute atomic E-state index is 5.47. The molecule has 0 aliphatic carbocycles. The van der Waals surface area contributed by atoms with E-state index in [1.807, 2.05) is 0 Å². The first-order chi connectivity index (χ1) is 6.77. The molecule has 1 heterocycles. The molecule has 1 unspecified atom stereocenters. The highest BCUT2D eigenvalue weighted by Crippen LogP contribution is 2.22. The Kier molecular flexibility index (Phi) is 5.11. The summed E-state index contributed by atoms with van der Waals surface area (Å²) < 4.78 is 5.46. The summed E-state index contributed by atoms with van der Waals surface area (Å²) in [7, 11) is 0. The van der Waals surface area contributed by atoms with E-state index >= 15 is 0 Å². The van der Waals surface area contributed by atoms with Crippen LogP contribution in [0.25, 0.3) is 0 Å². The van der Waals surface area contributed by atoms with E-state index in [2.05, 4.69) is 31.4 Å². The van der Waals surface area contributed by atoms with E-state index in [1.165, 1.54) is 9.75 Å². The molecule has 3 nitrogen and oxygen atoms in total. The van der Waals surface area contributed by atoms with Crippen LogP contribution in [0.1, 0.15) is 29.1 Å². The Bertz CT molecular complexity index is 262. The maximum Gasteiger partial charge on any atom is 0.0786 e. The third-order valence-electron chi connectivity index (χ3n) is 1.94. The number of aryl methyl sites for hydroxylation is 1. The zero-order chi connectivity index (χ0) is 10.4. The van der Waals surface area contributed by atoms with Crippen molar-refractivity contribution in [2.45, 2.75) is 26.3 Å². The van der Waals surface area contributed by atoms with Crippen molar-refractivity contribution in [1.29, 1.82) is 0 Å². The minimum absolute atomic E-state index is 0.125. The van der Waals surface area contributed by atoms with Gasteiger partial charge in [-0.05, 0) is 25.5 Å². The van der Waals surface area contributed by atoms with Crippen molar-refractivity contribution in [3.8, 4) is 0 Å². The third-order valence-corrected chi connectivity index (χ3v) is 3.05. The molecule has 1 rings (SSSR count). The van der Waals surface area contributed by atoms with Gasteiger partial charge in [0.15, 0.2) is 0 Å². The number of hydrogen-bond donors (Lipinski definition) is 2. The third kappa shape index (κ3) is 3.38. The molecule has 0 amide bonds. The summed E-state index contributed by atoms with van der Waals surface area (Å²) in [6, 6.07) is 4.32. The predicted octanol–water partition coefficient (Wildman–Crippen LogP) is 1.99. The molecular formula is C10H18N2OS. The average Bonchev–Trinajstić information content (AvgIpc) is 2.60. The summed E-state index contributed by atoms with van der Waals surface area (Å²) in [6.45, 7) is 5.63. The van der Waals surface area contributed by atoms with Gasteiger partial charge in [-0.25, -0.2) is 5.43 Å². The molecule has 3 N–H and O–H groups in total. The van der Waals surface area contributed by atoms with Crippen molar-refractivity contribution in [1.82, 2.24) is 5.43 Å². The summed E-state index contributed by atoms with van der Waals surface area (Å²) in [5.74, 6) is 5.47. The van der Waals surface area contributed by atoms with E-state index in [0.29, 0.717) is 6.61 Å².